The lowest BCUT2D eigenvalue weighted by molar-refractivity contribution is 0.100. The number of thiophene rings is 2. The number of carbonyl (C=O) groups is 1. The number of hydrogen-bond donors (Lipinski definition) is 3. The van der Waals surface area contributed by atoms with Gasteiger partial charge in [0.1, 0.15) is 9.71 Å². The maximum Gasteiger partial charge on any atom is 0.260 e. The molecule has 28 heavy (non-hydrogen) atoms. The van der Waals surface area contributed by atoms with Gasteiger partial charge in [0.05, 0.1) is 17.9 Å². The van der Waals surface area contributed by atoms with Crippen molar-refractivity contribution in [3.8, 4) is 10.4 Å². The molecule has 0 unspecified atom stereocenters. The number of nitrogen functional groups attached to an aromatic ring is 1. The highest BCUT2D eigenvalue weighted by Crippen LogP contribution is 2.45. The Balaban J connectivity index is 1.80. The van der Waals surface area contributed by atoms with Crippen LogP contribution in [0.15, 0.2) is 17.5 Å². The first kappa shape index (κ1) is 19.1. The van der Waals surface area contributed by atoms with Crippen molar-refractivity contribution in [2.24, 2.45) is 5.73 Å². The molecular formula is C19H21N5OS3. The molecular weight excluding hydrogens is 410 g/mol. The number of nitrogens with zero attached hydrogens (tertiary/aromatic N) is 2. The number of nitrogens with two attached hydrogens (primary N) is 2. The molecule has 9 heteroatoms. The normalized spacial score (nSPS) is 13.1. The number of pyridine rings is 1. The molecule has 0 aromatic carbocycles. The van der Waals surface area contributed by atoms with Crippen LogP contribution < -0.4 is 16.8 Å². The maximum atomic E-state index is 11.8. The number of anilines is 1. The number of carbonyl (C=O) groups excluding carboxylic acids is 1. The van der Waals surface area contributed by atoms with E-state index in [4.69, 9.17) is 28.7 Å². The summed E-state index contributed by atoms with van der Waals surface area (Å²) in [6, 6.07) is 4.08. The Morgan fingerprint density at radius 1 is 1.43 bits per heavy atom. The van der Waals surface area contributed by atoms with Crippen molar-refractivity contribution in [1.29, 1.82) is 0 Å². The van der Waals surface area contributed by atoms with Crippen molar-refractivity contribution in [3.05, 3.63) is 33.6 Å². The summed E-state index contributed by atoms with van der Waals surface area (Å²) in [6.45, 7) is 4.35. The van der Waals surface area contributed by atoms with Gasteiger partial charge in [-0.1, -0.05) is 19.4 Å². The van der Waals surface area contributed by atoms with E-state index in [0.717, 1.165) is 56.4 Å². The first-order valence-corrected chi connectivity index (χ1v) is 11.2. The molecule has 5 N–H and O–H groups in total. The van der Waals surface area contributed by atoms with Gasteiger partial charge in [0, 0.05) is 34.5 Å². The molecule has 0 aliphatic carbocycles. The third kappa shape index (κ3) is 3.23. The summed E-state index contributed by atoms with van der Waals surface area (Å²) < 4.78 is 0. The molecule has 6 nitrogen and oxygen atoms in total. The van der Waals surface area contributed by atoms with E-state index in [9.17, 15) is 4.79 Å². The topological polar surface area (TPSA) is 97.3 Å². The number of nitrogens with one attached hydrogen (secondary N) is 1. The summed E-state index contributed by atoms with van der Waals surface area (Å²) in [6.07, 6.45) is 2.21. The second-order valence-corrected chi connectivity index (χ2v) is 9.05. The summed E-state index contributed by atoms with van der Waals surface area (Å²) in [5.74, 6) is -0.513. The number of fused-ring (bicyclic) bond motifs is 2. The van der Waals surface area contributed by atoms with Crippen LogP contribution in [-0.4, -0.2) is 27.4 Å². The molecule has 1 aliphatic heterocycles. The van der Waals surface area contributed by atoms with E-state index in [1.165, 1.54) is 11.3 Å². The van der Waals surface area contributed by atoms with Crippen LogP contribution in [0.2, 0.25) is 0 Å². The van der Waals surface area contributed by atoms with Gasteiger partial charge in [0.2, 0.25) is 0 Å². The van der Waals surface area contributed by atoms with Gasteiger partial charge < -0.3 is 21.7 Å². The van der Waals surface area contributed by atoms with E-state index in [1.807, 2.05) is 11.4 Å². The van der Waals surface area contributed by atoms with Crippen LogP contribution in [0.4, 0.5) is 5.69 Å². The minimum absolute atomic E-state index is 0.373. The Morgan fingerprint density at radius 2 is 2.25 bits per heavy atom. The van der Waals surface area contributed by atoms with E-state index in [-0.39, 0.29) is 0 Å². The van der Waals surface area contributed by atoms with Crippen LogP contribution in [0.3, 0.4) is 0 Å². The van der Waals surface area contributed by atoms with Crippen LogP contribution in [-0.2, 0) is 13.1 Å². The van der Waals surface area contributed by atoms with Gasteiger partial charge in [-0.25, -0.2) is 4.98 Å². The van der Waals surface area contributed by atoms with Crippen LogP contribution >= 0.6 is 34.9 Å². The number of aromatic nitrogens is 1. The number of unbranched alkanes of at least 4 members (excludes halogenated alkanes) is 1. The van der Waals surface area contributed by atoms with Gasteiger partial charge in [-0.3, -0.25) is 4.79 Å². The second kappa shape index (κ2) is 7.65. The fourth-order valence-corrected chi connectivity index (χ4v) is 5.48. The molecule has 0 spiro atoms. The van der Waals surface area contributed by atoms with E-state index in [0.29, 0.717) is 23.7 Å². The average molecular weight is 432 g/mol. The van der Waals surface area contributed by atoms with Gasteiger partial charge >= 0.3 is 0 Å². The Bertz CT molecular complexity index is 1060. The van der Waals surface area contributed by atoms with Crippen LogP contribution in [0.1, 0.15) is 40.7 Å². The van der Waals surface area contributed by atoms with Crippen molar-refractivity contribution in [2.45, 2.75) is 32.9 Å². The molecule has 146 valence electrons. The minimum atomic E-state index is -0.513. The smallest absolute Gasteiger partial charge is 0.260 e. The largest absolute Gasteiger partial charge is 0.397 e. The van der Waals surface area contributed by atoms with Crippen molar-refractivity contribution in [3.63, 3.8) is 0 Å². The quantitative estimate of drug-likeness (QED) is 0.421. The Hall–Kier alpha value is -2.23. The van der Waals surface area contributed by atoms with Gasteiger partial charge in [0.25, 0.3) is 5.91 Å². The Labute approximate surface area is 176 Å². The molecule has 0 saturated heterocycles. The molecule has 0 atom stereocenters. The van der Waals surface area contributed by atoms with E-state index in [2.05, 4.69) is 23.2 Å². The average Bonchev–Trinajstić information content (AvgIpc) is 3.39. The zero-order chi connectivity index (χ0) is 19.8. The molecule has 0 bridgehead atoms. The number of thiocarbonyl (C=S) groups is 1. The zero-order valence-electron chi connectivity index (χ0n) is 15.4. The van der Waals surface area contributed by atoms with Gasteiger partial charge in [-0.15, -0.1) is 22.7 Å². The van der Waals surface area contributed by atoms with E-state index < -0.39 is 5.91 Å². The first-order valence-electron chi connectivity index (χ1n) is 9.11. The molecule has 3 aromatic rings. The fraction of sp³-hybridized carbons (Fsp3) is 0.316. The molecule has 0 radical (unpaired) electrons. The van der Waals surface area contributed by atoms with Crippen molar-refractivity contribution in [2.75, 3.05) is 12.3 Å². The highest BCUT2D eigenvalue weighted by molar-refractivity contribution is 7.80. The second-order valence-electron chi connectivity index (χ2n) is 6.72. The number of rotatable bonds is 5. The lowest BCUT2D eigenvalue weighted by Crippen LogP contribution is -2.36. The van der Waals surface area contributed by atoms with Crippen LogP contribution in [0.5, 0.6) is 0 Å². The molecule has 0 fully saturated rings. The molecule has 4 rings (SSSR count). The monoisotopic (exact) mass is 431 g/mol. The van der Waals surface area contributed by atoms with Crippen LogP contribution in [0, 0.1) is 0 Å². The standard InChI is InChI=1S/C19H21N5OS3/c1-2-3-6-22-19(26)24-8-10-11(9-24)23-18-14(13(10)12-5-4-7-27-12)15(20)16(28-18)17(21)25/h4-5,7H,2-3,6,8-9,20H2,1H3,(H2,21,25)(H,22,26). The summed E-state index contributed by atoms with van der Waals surface area (Å²) in [4.78, 5) is 21.0. The SMILES string of the molecule is CCCCNC(=S)N1Cc2nc3sc(C(N)=O)c(N)c3c(-c3cccs3)c2C1. The number of hydrogen-bond acceptors (Lipinski definition) is 6. The highest BCUT2D eigenvalue weighted by Gasteiger charge is 2.30. The summed E-state index contributed by atoms with van der Waals surface area (Å²) in [5, 5.41) is 6.94. The molecule has 4 heterocycles. The lowest BCUT2D eigenvalue weighted by Gasteiger charge is -2.19. The van der Waals surface area contributed by atoms with Gasteiger partial charge in [-0.2, -0.15) is 0 Å². The van der Waals surface area contributed by atoms with Crippen molar-refractivity contribution in [1.82, 2.24) is 15.2 Å². The molecule has 1 amide bonds. The Kier molecular flexibility index (Phi) is 5.22. The molecule has 1 aliphatic rings. The number of amides is 1. The van der Waals surface area contributed by atoms with E-state index >= 15 is 0 Å². The third-order valence-electron chi connectivity index (χ3n) is 4.84. The van der Waals surface area contributed by atoms with E-state index in [1.54, 1.807) is 11.3 Å². The highest BCUT2D eigenvalue weighted by atomic mass is 32.1. The Morgan fingerprint density at radius 3 is 2.93 bits per heavy atom. The number of primary amides is 1. The minimum Gasteiger partial charge on any atom is -0.397 e. The zero-order valence-corrected chi connectivity index (χ0v) is 17.9. The van der Waals surface area contributed by atoms with Crippen molar-refractivity contribution < 1.29 is 4.79 Å². The third-order valence-corrected chi connectivity index (χ3v) is 7.24. The van der Waals surface area contributed by atoms with Gasteiger partial charge in [-0.05, 0) is 30.1 Å². The molecule has 3 aromatic heterocycles. The predicted molar refractivity (Wildman–Crippen MR) is 121 cm³/mol. The summed E-state index contributed by atoms with van der Waals surface area (Å²) in [7, 11) is 0. The maximum absolute atomic E-state index is 11.8. The first-order chi connectivity index (χ1) is 13.5. The lowest BCUT2D eigenvalue weighted by atomic mass is 10.0. The summed E-state index contributed by atoms with van der Waals surface area (Å²) in [5.41, 5.74) is 15.4. The van der Waals surface area contributed by atoms with Gasteiger partial charge in [0.15, 0.2) is 5.11 Å². The summed E-state index contributed by atoms with van der Waals surface area (Å²) >= 11 is 8.50. The molecule has 0 saturated carbocycles. The van der Waals surface area contributed by atoms with Crippen molar-refractivity contribution >= 4 is 61.8 Å². The fourth-order valence-electron chi connectivity index (χ4n) is 3.47. The van der Waals surface area contributed by atoms with Crippen LogP contribution in [0.25, 0.3) is 20.7 Å². The predicted octanol–water partition coefficient (Wildman–Crippen LogP) is 3.70.